The van der Waals surface area contributed by atoms with E-state index in [0.717, 1.165) is 0 Å². The molecule has 0 atom stereocenters. The number of rotatable bonds is 3. The first-order valence-corrected chi connectivity index (χ1v) is 5.57. The summed E-state index contributed by atoms with van der Waals surface area (Å²) in [7, 11) is 0. The van der Waals surface area contributed by atoms with Crippen molar-refractivity contribution in [1.29, 1.82) is 0 Å². The zero-order valence-electron chi connectivity index (χ0n) is 8.92. The van der Waals surface area contributed by atoms with Crippen LogP contribution in [0.4, 0.5) is 21.8 Å². The highest BCUT2D eigenvalue weighted by molar-refractivity contribution is 6.33. The monoisotopic (exact) mass is 287 g/mol. The normalized spacial score (nSPS) is 10.2. The maximum Gasteiger partial charge on any atom is 0.239 e. The molecule has 18 heavy (non-hydrogen) atoms. The van der Waals surface area contributed by atoms with E-state index in [1.54, 1.807) is 6.07 Å². The number of benzene rings is 1. The summed E-state index contributed by atoms with van der Waals surface area (Å²) >= 11 is 11.5. The van der Waals surface area contributed by atoms with E-state index >= 15 is 0 Å². The fourth-order valence-corrected chi connectivity index (χ4v) is 1.49. The predicted molar refractivity (Wildman–Crippen MR) is 69.5 cm³/mol. The third kappa shape index (κ3) is 2.79. The van der Waals surface area contributed by atoms with Gasteiger partial charge in [-0.3, -0.25) is 5.43 Å². The largest absolute Gasteiger partial charge is 0.339 e. The Morgan fingerprint density at radius 2 is 2.00 bits per heavy atom. The fourth-order valence-electron chi connectivity index (χ4n) is 1.23. The van der Waals surface area contributed by atoms with Crippen molar-refractivity contribution in [2.24, 2.45) is 5.84 Å². The third-order valence-corrected chi connectivity index (χ3v) is 2.64. The molecule has 0 amide bonds. The summed E-state index contributed by atoms with van der Waals surface area (Å²) in [5, 5.41) is 3.16. The molecule has 0 radical (unpaired) electrons. The Morgan fingerprint density at radius 3 is 2.67 bits per heavy atom. The standard InChI is InChI=1S/C10H8Cl2FN5/c11-6-2-1-5(3-8(6)13)16-9-7(12)4-15-10(17-9)18-14/h1-4H,14H2,(H2,15,16,17,18). The predicted octanol–water partition coefficient (Wildman–Crippen LogP) is 2.95. The Labute approximate surface area is 112 Å². The van der Waals surface area contributed by atoms with Crippen LogP contribution < -0.4 is 16.6 Å². The van der Waals surface area contributed by atoms with E-state index in [1.807, 2.05) is 0 Å². The Hall–Kier alpha value is -1.63. The second kappa shape index (κ2) is 5.34. The molecule has 1 aromatic heterocycles. The van der Waals surface area contributed by atoms with Crippen LogP contribution in [-0.2, 0) is 0 Å². The molecule has 0 saturated heterocycles. The number of anilines is 3. The average Bonchev–Trinajstić information content (AvgIpc) is 2.36. The molecule has 5 nitrogen and oxygen atoms in total. The highest BCUT2D eigenvalue weighted by Gasteiger charge is 2.07. The van der Waals surface area contributed by atoms with E-state index < -0.39 is 5.82 Å². The molecule has 0 aliphatic rings. The van der Waals surface area contributed by atoms with Crippen LogP contribution in [0.25, 0.3) is 0 Å². The lowest BCUT2D eigenvalue weighted by Crippen LogP contribution is -2.11. The lowest BCUT2D eigenvalue weighted by atomic mass is 10.3. The molecular formula is C10H8Cl2FN5. The molecule has 0 aliphatic heterocycles. The summed E-state index contributed by atoms with van der Waals surface area (Å²) < 4.78 is 13.3. The number of nitrogens with one attached hydrogen (secondary N) is 2. The molecule has 0 saturated carbocycles. The summed E-state index contributed by atoms with van der Waals surface area (Å²) in [5.41, 5.74) is 2.74. The molecule has 1 aromatic carbocycles. The minimum atomic E-state index is -0.538. The van der Waals surface area contributed by atoms with Gasteiger partial charge in [-0.25, -0.2) is 15.2 Å². The smallest absolute Gasteiger partial charge is 0.239 e. The van der Waals surface area contributed by atoms with Crippen molar-refractivity contribution < 1.29 is 4.39 Å². The highest BCUT2D eigenvalue weighted by atomic mass is 35.5. The molecule has 4 N–H and O–H groups in total. The summed E-state index contributed by atoms with van der Waals surface area (Å²) in [6, 6.07) is 4.26. The van der Waals surface area contributed by atoms with Gasteiger partial charge in [-0.1, -0.05) is 23.2 Å². The molecule has 0 aliphatic carbocycles. The van der Waals surface area contributed by atoms with Gasteiger partial charge in [-0.05, 0) is 18.2 Å². The van der Waals surface area contributed by atoms with Gasteiger partial charge in [0.15, 0.2) is 5.82 Å². The Kier molecular flexibility index (Phi) is 3.81. The second-order valence-electron chi connectivity index (χ2n) is 3.29. The van der Waals surface area contributed by atoms with Gasteiger partial charge in [0, 0.05) is 5.69 Å². The van der Waals surface area contributed by atoms with Crippen LogP contribution in [0.5, 0.6) is 0 Å². The van der Waals surface area contributed by atoms with E-state index in [2.05, 4.69) is 20.7 Å². The first kappa shape index (κ1) is 12.8. The summed E-state index contributed by atoms with van der Waals surface area (Å²) in [4.78, 5) is 7.81. The van der Waals surface area contributed by atoms with Crippen LogP contribution in [0.3, 0.4) is 0 Å². The van der Waals surface area contributed by atoms with E-state index in [4.69, 9.17) is 29.0 Å². The van der Waals surface area contributed by atoms with Crippen molar-refractivity contribution in [3.8, 4) is 0 Å². The molecular weight excluding hydrogens is 280 g/mol. The molecule has 2 rings (SSSR count). The molecule has 0 unspecified atom stereocenters. The van der Waals surface area contributed by atoms with Crippen LogP contribution in [0.1, 0.15) is 0 Å². The number of nitrogens with zero attached hydrogens (tertiary/aromatic N) is 2. The third-order valence-electron chi connectivity index (χ3n) is 2.06. The highest BCUT2D eigenvalue weighted by Crippen LogP contribution is 2.25. The molecule has 94 valence electrons. The summed E-state index contributed by atoms with van der Waals surface area (Å²) in [5.74, 6) is 5.14. The van der Waals surface area contributed by atoms with E-state index in [0.29, 0.717) is 11.5 Å². The minimum absolute atomic E-state index is 0.0404. The van der Waals surface area contributed by atoms with Gasteiger partial charge in [0.1, 0.15) is 10.8 Å². The van der Waals surface area contributed by atoms with Gasteiger partial charge < -0.3 is 5.32 Å². The lowest BCUT2D eigenvalue weighted by Gasteiger charge is -2.08. The minimum Gasteiger partial charge on any atom is -0.339 e. The van der Waals surface area contributed by atoms with Crippen LogP contribution in [-0.4, -0.2) is 9.97 Å². The van der Waals surface area contributed by atoms with Crippen molar-refractivity contribution in [1.82, 2.24) is 9.97 Å². The van der Waals surface area contributed by atoms with E-state index in [9.17, 15) is 4.39 Å². The molecule has 8 heteroatoms. The van der Waals surface area contributed by atoms with Gasteiger partial charge >= 0.3 is 0 Å². The fraction of sp³-hybridized carbons (Fsp3) is 0. The first-order valence-electron chi connectivity index (χ1n) is 4.81. The summed E-state index contributed by atoms with van der Waals surface area (Å²) in [6.07, 6.45) is 1.37. The zero-order valence-corrected chi connectivity index (χ0v) is 10.4. The number of hydrazine groups is 1. The van der Waals surface area contributed by atoms with E-state index in [-0.39, 0.29) is 16.0 Å². The maximum absolute atomic E-state index is 13.3. The van der Waals surface area contributed by atoms with Gasteiger partial charge in [0.2, 0.25) is 5.95 Å². The quantitative estimate of drug-likeness (QED) is 0.598. The Bertz CT molecular complexity index is 578. The topological polar surface area (TPSA) is 75.9 Å². The number of aromatic nitrogens is 2. The number of nitrogens with two attached hydrogens (primary N) is 1. The van der Waals surface area contributed by atoms with Crippen molar-refractivity contribution in [3.63, 3.8) is 0 Å². The van der Waals surface area contributed by atoms with Crippen LogP contribution in [0.2, 0.25) is 10.0 Å². The van der Waals surface area contributed by atoms with Crippen molar-refractivity contribution in [3.05, 3.63) is 40.3 Å². The lowest BCUT2D eigenvalue weighted by molar-refractivity contribution is 0.629. The number of hydrogen-bond donors (Lipinski definition) is 3. The van der Waals surface area contributed by atoms with Gasteiger partial charge in [0.25, 0.3) is 0 Å². The molecule has 1 heterocycles. The number of hydrogen-bond acceptors (Lipinski definition) is 5. The van der Waals surface area contributed by atoms with Crippen molar-refractivity contribution in [2.45, 2.75) is 0 Å². The molecule has 2 aromatic rings. The number of halogens is 3. The van der Waals surface area contributed by atoms with Gasteiger partial charge in [-0.15, -0.1) is 0 Å². The maximum atomic E-state index is 13.3. The Balaban J connectivity index is 2.30. The van der Waals surface area contributed by atoms with Gasteiger partial charge in [-0.2, -0.15) is 4.98 Å². The van der Waals surface area contributed by atoms with Crippen LogP contribution in [0, 0.1) is 5.82 Å². The van der Waals surface area contributed by atoms with Crippen molar-refractivity contribution >= 4 is 40.7 Å². The molecule has 0 fully saturated rings. The average molecular weight is 288 g/mol. The van der Waals surface area contributed by atoms with Crippen LogP contribution >= 0.6 is 23.2 Å². The number of nitrogen functional groups attached to an aromatic ring is 1. The zero-order chi connectivity index (χ0) is 13.1. The Morgan fingerprint density at radius 1 is 1.22 bits per heavy atom. The first-order chi connectivity index (χ1) is 8.60. The van der Waals surface area contributed by atoms with Crippen LogP contribution in [0.15, 0.2) is 24.4 Å². The summed E-state index contributed by atoms with van der Waals surface area (Å²) in [6.45, 7) is 0. The molecule has 0 bridgehead atoms. The second-order valence-corrected chi connectivity index (χ2v) is 4.10. The van der Waals surface area contributed by atoms with Crippen molar-refractivity contribution in [2.75, 3.05) is 10.7 Å². The SMILES string of the molecule is NNc1ncc(Cl)c(Nc2ccc(Cl)c(F)c2)n1. The van der Waals surface area contributed by atoms with E-state index in [1.165, 1.54) is 18.3 Å². The molecule has 0 spiro atoms. The van der Waals surface area contributed by atoms with Gasteiger partial charge in [0.05, 0.1) is 11.2 Å².